The van der Waals surface area contributed by atoms with Crippen LogP contribution in [0.3, 0.4) is 0 Å². The SMILES string of the molecule is COCCOCC(=O)Nc1ccnn1Cc1ccccc1Cl. The van der Waals surface area contributed by atoms with Crippen molar-refractivity contribution in [1.82, 2.24) is 9.78 Å². The Morgan fingerprint density at radius 3 is 2.91 bits per heavy atom. The van der Waals surface area contributed by atoms with Gasteiger partial charge in [-0.3, -0.25) is 4.79 Å². The van der Waals surface area contributed by atoms with Crippen molar-refractivity contribution in [3.63, 3.8) is 0 Å². The van der Waals surface area contributed by atoms with Gasteiger partial charge in [-0.25, -0.2) is 4.68 Å². The molecule has 0 spiro atoms. The van der Waals surface area contributed by atoms with Gasteiger partial charge in [0.05, 0.1) is 26.0 Å². The van der Waals surface area contributed by atoms with Gasteiger partial charge >= 0.3 is 0 Å². The summed E-state index contributed by atoms with van der Waals surface area (Å²) in [6.07, 6.45) is 1.62. The Balaban J connectivity index is 1.92. The van der Waals surface area contributed by atoms with Crippen LogP contribution in [0.1, 0.15) is 5.56 Å². The predicted molar refractivity (Wildman–Crippen MR) is 84.1 cm³/mol. The summed E-state index contributed by atoms with van der Waals surface area (Å²) in [5.74, 6) is 0.359. The zero-order valence-electron chi connectivity index (χ0n) is 12.3. The number of amides is 1. The van der Waals surface area contributed by atoms with Crippen molar-refractivity contribution >= 4 is 23.3 Å². The first-order valence-corrected chi connectivity index (χ1v) is 7.20. The topological polar surface area (TPSA) is 65.4 Å². The van der Waals surface area contributed by atoms with Crippen molar-refractivity contribution in [1.29, 1.82) is 0 Å². The molecule has 1 aromatic heterocycles. The maximum Gasteiger partial charge on any atom is 0.251 e. The van der Waals surface area contributed by atoms with E-state index >= 15 is 0 Å². The highest BCUT2D eigenvalue weighted by molar-refractivity contribution is 6.31. The first-order chi connectivity index (χ1) is 10.7. The van der Waals surface area contributed by atoms with Gasteiger partial charge in [-0.1, -0.05) is 29.8 Å². The Kier molecular flexibility index (Phi) is 6.39. The van der Waals surface area contributed by atoms with Gasteiger partial charge in [-0.15, -0.1) is 0 Å². The predicted octanol–water partition coefficient (Wildman–Crippen LogP) is 2.19. The number of carbonyl (C=O) groups is 1. The third-order valence-corrected chi connectivity index (χ3v) is 3.30. The Morgan fingerprint density at radius 1 is 1.32 bits per heavy atom. The summed E-state index contributed by atoms with van der Waals surface area (Å²) in [4.78, 5) is 11.8. The summed E-state index contributed by atoms with van der Waals surface area (Å²) in [7, 11) is 1.58. The van der Waals surface area contributed by atoms with Crippen LogP contribution in [0.4, 0.5) is 5.82 Å². The van der Waals surface area contributed by atoms with E-state index in [9.17, 15) is 4.79 Å². The van der Waals surface area contributed by atoms with E-state index in [1.807, 2.05) is 24.3 Å². The second kappa shape index (κ2) is 8.53. The summed E-state index contributed by atoms with van der Waals surface area (Å²) in [5, 5.41) is 7.62. The number of hydrogen-bond acceptors (Lipinski definition) is 4. The molecule has 0 unspecified atom stereocenters. The highest BCUT2D eigenvalue weighted by atomic mass is 35.5. The summed E-state index contributed by atoms with van der Waals surface area (Å²) >= 11 is 6.14. The maximum atomic E-state index is 11.8. The largest absolute Gasteiger partial charge is 0.382 e. The van der Waals surface area contributed by atoms with Gasteiger partial charge in [0.15, 0.2) is 0 Å². The zero-order valence-corrected chi connectivity index (χ0v) is 13.0. The van der Waals surface area contributed by atoms with E-state index in [2.05, 4.69) is 10.4 Å². The van der Waals surface area contributed by atoms with Gasteiger partial charge in [0.2, 0.25) is 0 Å². The van der Waals surface area contributed by atoms with Gasteiger partial charge in [0, 0.05) is 18.2 Å². The second-order valence-corrected chi connectivity index (χ2v) is 4.97. The standard InChI is InChI=1S/C15H18ClN3O3/c1-21-8-9-22-11-15(20)18-14-6-7-17-19(14)10-12-4-2-3-5-13(12)16/h2-7H,8-11H2,1H3,(H,18,20). The number of nitrogens with one attached hydrogen (secondary N) is 1. The molecule has 0 fully saturated rings. The molecule has 0 aliphatic rings. The molecule has 0 bridgehead atoms. The Hall–Kier alpha value is -1.89. The van der Waals surface area contributed by atoms with Crippen LogP contribution in [-0.4, -0.2) is 42.6 Å². The molecule has 0 aliphatic heterocycles. The fourth-order valence-corrected chi connectivity index (χ4v) is 2.03. The minimum atomic E-state index is -0.239. The van der Waals surface area contributed by atoms with Crippen LogP contribution in [0.15, 0.2) is 36.5 Å². The number of ether oxygens (including phenoxy) is 2. The van der Waals surface area contributed by atoms with Crippen LogP contribution in [0.25, 0.3) is 0 Å². The molecular formula is C15H18ClN3O3. The molecule has 7 heteroatoms. The lowest BCUT2D eigenvalue weighted by Crippen LogP contribution is -2.21. The van der Waals surface area contributed by atoms with Gasteiger partial charge in [-0.05, 0) is 11.6 Å². The molecular weight excluding hydrogens is 306 g/mol. The molecule has 2 aromatic rings. The van der Waals surface area contributed by atoms with Crippen LogP contribution < -0.4 is 5.32 Å². The van der Waals surface area contributed by atoms with Crippen molar-refractivity contribution < 1.29 is 14.3 Å². The number of rotatable bonds is 8. The monoisotopic (exact) mass is 323 g/mol. The molecule has 1 heterocycles. The quantitative estimate of drug-likeness (QED) is 0.756. The van der Waals surface area contributed by atoms with E-state index in [1.54, 1.807) is 24.1 Å². The van der Waals surface area contributed by atoms with E-state index < -0.39 is 0 Å². The molecule has 0 atom stereocenters. The summed E-state index contributed by atoms with van der Waals surface area (Å²) in [5.41, 5.74) is 0.930. The number of methoxy groups -OCH3 is 1. The van der Waals surface area contributed by atoms with E-state index in [1.165, 1.54) is 0 Å². The van der Waals surface area contributed by atoms with Crippen LogP contribution in [-0.2, 0) is 20.8 Å². The first kappa shape index (κ1) is 16.5. The van der Waals surface area contributed by atoms with Crippen molar-refractivity contribution in [2.75, 3.05) is 32.2 Å². The Bertz CT molecular complexity index is 616. The first-order valence-electron chi connectivity index (χ1n) is 6.82. The molecule has 118 valence electrons. The summed E-state index contributed by atoms with van der Waals surface area (Å²) in [6, 6.07) is 9.25. The Morgan fingerprint density at radius 2 is 2.14 bits per heavy atom. The number of benzene rings is 1. The minimum Gasteiger partial charge on any atom is -0.382 e. The van der Waals surface area contributed by atoms with Crippen molar-refractivity contribution in [2.45, 2.75) is 6.54 Å². The molecule has 1 aromatic carbocycles. The smallest absolute Gasteiger partial charge is 0.251 e. The molecule has 6 nitrogen and oxygen atoms in total. The average Bonchev–Trinajstić information content (AvgIpc) is 2.93. The van der Waals surface area contributed by atoms with Gasteiger partial charge in [-0.2, -0.15) is 5.10 Å². The van der Waals surface area contributed by atoms with Crippen molar-refractivity contribution in [3.8, 4) is 0 Å². The number of aromatic nitrogens is 2. The van der Waals surface area contributed by atoms with E-state index in [0.717, 1.165) is 5.56 Å². The van der Waals surface area contributed by atoms with Gasteiger partial charge in [0.1, 0.15) is 12.4 Å². The molecule has 2 rings (SSSR count). The lowest BCUT2D eigenvalue weighted by Gasteiger charge is -2.10. The second-order valence-electron chi connectivity index (χ2n) is 4.56. The molecule has 1 amide bonds. The summed E-state index contributed by atoms with van der Waals surface area (Å²) in [6.45, 7) is 1.29. The summed E-state index contributed by atoms with van der Waals surface area (Å²) < 4.78 is 11.7. The lowest BCUT2D eigenvalue weighted by molar-refractivity contribution is -0.121. The number of hydrogen-bond donors (Lipinski definition) is 1. The van der Waals surface area contributed by atoms with Gasteiger partial charge in [0.25, 0.3) is 5.91 Å². The highest BCUT2D eigenvalue weighted by Crippen LogP contribution is 2.18. The lowest BCUT2D eigenvalue weighted by atomic mass is 10.2. The molecule has 1 N–H and O–H groups in total. The van der Waals surface area contributed by atoms with Crippen LogP contribution in [0.2, 0.25) is 5.02 Å². The van der Waals surface area contributed by atoms with Crippen molar-refractivity contribution in [3.05, 3.63) is 47.1 Å². The average molecular weight is 324 g/mol. The molecule has 0 saturated heterocycles. The number of halogens is 1. The highest BCUT2D eigenvalue weighted by Gasteiger charge is 2.09. The minimum absolute atomic E-state index is 0.0271. The number of carbonyl (C=O) groups excluding carboxylic acids is 1. The van der Waals surface area contributed by atoms with E-state index in [-0.39, 0.29) is 12.5 Å². The normalized spacial score (nSPS) is 10.6. The maximum absolute atomic E-state index is 11.8. The molecule has 0 radical (unpaired) electrons. The molecule has 22 heavy (non-hydrogen) atoms. The molecule has 0 aliphatic carbocycles. The van der Waals surface area contributed by atoms with Crippen LogP contribution in [0.5, 0.6) is 0 Å². The molecule has 0 saturated carbocycles. The fraction of sp³-hybridized carbons (Fsp3) is 0.333. The van der Waals surface area contributed by atoms with E-state index in [4.69, 9.17) is 21.1 Å². The van der Waals surface area contributed by atoms with Gasteiger partial charge < -0.3 is 14.8 Å². The van der Waals surface area contributed by atoms with Crippen LogP contribution in [0, 0.1) is 0 Å². The fourth-order valence-electron chi connectivity index (χ4n) is 1.84. The third kappa shape index (κ3) is 4.84. The van der Waals surface area contributed by atoms with E-state index in [0.29, 0.717) is 30.6 Å². The Labute approximate surface area is 134 Å². The third-order valence-electron chi connectivity index (χ3n) is 2.93. The number of nitrogens with zero attached hydrogens (tertiary/aromatic N) is 2. The number of anilines is 1. The van der Waals surface area contributed by atoms with Crippen molar-refractivity contribution in [2.24, 2.45) is 0 Å². The van der Waals surface area contributed by atoms with Crippen LogP contribution >= 0.6 is 11.6 Å². The zero-order chi connectivity index (χ0) is 15.8.